The quantitative estimate of drug-likeness (QED) is 0.213. The van der Waals surface area contributed by atoms with E-state index in [0.717, 1.165) is 36.3 Å². The van der Waals surface area contributed by atoms with Gasteiger partial charge in [-0.05, 0) is 47.5 Å². The second kappa shape index (κ2) is 13.7. The molecule has 0 aliphatic heterocycles. The van der Waals surface area contributed by atoms with Crippen LogP contribution in [0.4, 0.5) is 4.79 Å². The zero-order valence-electron chi connectivity index (χ0n) is 19.8. The first kappa shape index (κ1) is 28.5. The number of carbonyl (C=O) groups is 1. The van der Waals surface area contributed by atoms with E-state index >= 15 is 0 Å². The van der Waals surface area contributed by atoms with Gasteiger partial charge in [-0.3, -0.25) is 4.99 Å². The Morgan fingerprint density at radius 1 is 1.23 bits per heavy atom. The van der Waals surface area contributed by atoms with E-state index in [1.165, 1.54) is 0 Å². The third-order valence-corrected chi connectivity index (χ3v) is 4.38. The Morgan fingerprint density at radius 3 is 2.40 bits per heavy atom. The zero-order valence-corrected chi connectivity index (χ0v) is 22.1. The summed E-state index contributed by atoms with van der Waals surface area (Å²) in [6.45, 7) is 15.7. The van der Waals surface area contributed by atoms with Crippen LogP contribution in [-0.4, -0.2) is 53.9 Å². The maximum absolute atomic E-state index is 12.4. The van der Waals surface area contributed by atoms with Gasteiger partial charge in [-0.2, -0.15) is 0 Å². The molecule has 9 heteroatoms. The molecule has 0 spiro atoms. The summed E-state index contributed by atoms with van der Waals surface area (Å²) >= 11 is 0. The van der Waals surface area contributed by atoms with E-state index in [0.29, 0.717) is 25.6 Å². The van der Waals surface area contributed by atoms with Crippen LogP contribution in [0.2, 0.25) is 0 Å². The molecule has 1 heterocycles. The first-order valence-corrected chi connectivity index (χ1v) is 10.5. The van der Waals surface area contributed by atoms with Gasteiger partial charge in [0.1, 0.15) is 11.4 Å². The average Bonchev–Trinajstić information content (AvgIpc) is 3.04. The fourth-order valence-electron chi connectivity index (χ4n) is 2.87. The Hall–Kier alpha value is -1.52. The van der Waals surface area contributed by atoms with E-state index in [-0.39, 0.29) is 36.1 Å². The Kier molecular flexibility index (Phi) is 13.0. The van der Waals surface area contributed by atoms with E-state index in [1.54, 1.807) is 11.9 Å². The van der Waals surface area contributed by atoms with E-state index in [1.807, 2.05) is 34.6 Å². The number of aliphatic imine (C=N–C) groups is 1. The first-order chi connectivity index (χ1) is 13.6. The molecule has 0 radical (unpaired) electrons. The van der Waals surface area contributed by atoms with Crippen molar-refractivity contribution in [3.63, 3.8) is 0 Å². The third kappa shape index (κ3) is 9.53. The Balaban J connectivity index is 0.00000841. The second-order valence-corrected chi connectivity index (χ2v) is 8.21. The predicted molar refractivity (Wildman–Crippen MR) is 132 cm³/mol. The van der Waals surface area contributed by atoms with Gasteiger partial charge in [-0.25, -0.2) is 4.79 Å². The smallest absolute Gasteiger partial charge is 0.410 e. The SMILES string of the molecule is CCc1noc(CC)c1CNC(=NC)NCCCN(C(=O)OC(C)(C)C)C(C)C.I. The number of rotatable bonds is 9. The molecule has 1 aromatic rings. The molecule has 1 aromatic heterocycles. The summed E-state index contributed by atoms with van der Waals surface area (Å²) in [6.07, 6.45) is 2.15. The average molecular weight is 537 g/mol. The molecule has 0 fully saturated rings. The third-order valence-electron chi connectivity index (χ3n) is 4.38. The van der Waals surface area contributed by atoms with Gasteiger partial charge in [0.25, 0.3) is 0 Å². The van der Waals surface area contributed by atoms with Crippen LogP contribution in [0, 0.1) is 0 Å². The molecule has 1 amide bonds. The molecule has 0 saturated carbocycles. The summed E-state index contributed by atoms with van der Waals surface area (Å²) < 4.78 is 10.9. The summed E-state index contributed by atoms with van der Waals surface area (Å²) in [7, 11) is 1.74. The van der Waals surface area contributed by atoms with Crippen molar-refractivity contribution in [2.75, 3.05) is 20.1 Å². The molecule has 0 atom stereocenters. The van der Waals surface area contributed by atoms with Gasteiger partial charge < -0.3 is 24.8 Å². The van der Waals surface area contributed by atoms with Crippen molar-refractivity contribution < 1.29 is 14.1 Å². The minimum atomic E-state index is -0.495. The Morgan fingerprint density at radius 2 is 1.90 bits per heavy atom. The second-order valence-electron chi connectivity index (χ2n) is 8.21. The number of nitrogens with zero attached hydrogens (tertiary/aromatic N) is 3. The number of guanidine groups is 1. The molecule has 30 heavy (non-hydrogen) atoms. The van der Waals surface area contributed by atoms with Gasteiger partial charge >= 0.3 is 6.09 Å². The van der Waals surface area contributed by atoms with Crippen molar-refractivity contribution in [2.24, 2.45) is 4.99 Å². The number of nitrogens with one attached hydrogen (secondary N) is 2. The molecule has 8 nitrogen and oxygen atoms in total. The number of amides is 1. The van der Waals surface area contributed by atoms with Gasteiger partial charge in [0, 0.05) is 44.7 Å². The van der Waals surface area contributed by atoms with E-state index < -0.39 is 5.60 Å². The maximum Gasteiger partial charge on any atom is 0.410 e. The van der Waals surface area contributed by atoms with Gasteiger partial charge in [-0.1, -0.05) is 19.0 Å². The zero-order chi connectivity index (χ0) is 22.0. The predicted octanol–water partition coefficient (Wildman–Crippen LogP) is 4.12. The van der Waals surface area contributed by atoms with Gasteiger partial charge in [0.05, 0.1) is 5.69 Å². The monoisotopic (exact) mass is 537 g/mol. The molecular formula is C21H40IN5O3. The number of hydrogen-bond acceptors (Lipinski definition) is 5. The largest absolute Gasteiger partial charge is 0.444 e. The molecule has 0 bridgehead atoms. The van der Waals surface area contributed by atoms with Crippen LogP contribution in [0.15, 0.2) is 9.52 Å². The highest BCUT2D eigenvalue weighted by Gasteiger charge is 2.23. The van der Waals surface area contributed by atoms with Gasteiger partial charge in [0.2, 0.25) is 0 Å². The van der Waals surface area contributed by atoms with Crippen LogP contribution in [0.25, 0.3) is 0 Å². The summed E-state index contributed by atoms with van der Waals surface area (Å²) in [5.74, 6) is 1.62. The molecule has 174 valence electrons. The lowest BCUT2D eigenvalue weighted by atomic mass is 10.1. The lowest BCUT2D eigenvalue weighted by Gasteiger charge is -2.30. The van der Waals surface area contributed by atoms with Gasteiger partial charge in [0.15, 0.2) is 5.96 Å². The summed E-state index contributed by atoms with van der Waals surface area (Å²) in [6, 6.07) is 0.0795. The Bertz CT molecular complexity index is 647. The minimum absolute atomic E-state index is 0. The van der Waals surface area contributed by atoms with E-state index in [2.05, 4.69) is 34.6 Å². The van der Waals surface area contributed by atoms with Crippen molar-refractivity contribution in [1.82, 2.24) is 20.7 Å². The maximum atomic E-state index is 12.4. The number of ether oxygens (including phenoxy) is 1. The van der Waals surface area contributed by atoms with Crippen molar-refractivity contribution in [1.29, 1.82) is 0 Å². The molecule has 0 aliphatic carbocycles. The highest BCUT2D eigenvalue weighted by molar-refractivity contribution is 14.0. The first-order valence-electron chi connectivity index (χ1n) is 10.5. The fourth-order valence-corrected chi connectivity index (χ4v) is 2.87. The number of aryl methyl sites for hydroxylation is 2. The minimum Gasteiger partial charge on any atom is -0.444 e. The van der Waals surface area contributed by atoms with Crippen molar-refractivity contribution in [3.8, 4) is 0 Å². The molecule has 0 aliphatic rings. The van der Waals surface area contributed by atoms with Crippen LogP contribution in [0.3, 0.4) is 0 Å². The summed E-state index contributed by atoms with van der Waals surface area (Å²) in [5, 5.41) is 10.8. The molecule has 0 saturated heterocycles. The van der Waals surface area contributed by atoms with Crippen LogP contribution in [-0.2, 0) is 24.1 Å². The number of hydrogen-bond donors (Lipinski definition) is 2. The van der Waals surface area contributed by atoms with Crippen LogP contribution in [0.5, 0.6) is 0 Å². The lowest BCUT2D eigenvalue weighted by Crippen LogP contribution is -2.43. The molecule has 2 N–H and O–H groups in total. The fraction of sp³-hybridized carbons (Fsp3) is 0.762. The summed E-state index contributed by atoms with van der Waals surface area (Å²) in [5.41, 5.74) is 1.59. The van der Waals surface area contributed by atoms with E-state index in [4.69, 9.17) is 9.26 Å². The highest BCUT2D eigenvalue weighted by Crippen LogP contribution is 2.15. The molecule has 0 aromatic carbocycles. The normalized spacial score (nSPS) is 11.8. The molecular weight excluding hydrogens is 497 g/mol. The van der Waals surface area contributed by atoms with Crippen LogP contribution >= 0.6 is 24.0 Å². The van der Waals surface area contributed by atoms with Crippen molar-refractivity contribution >= 4 is 36.0 Å². The Labute approximate surface area is 198 Å². The molecule has 1 rings (SSSR count). The van der Waals surface area contributed by atoms with Crippen LogP contribution < -0.4 is 10.6 Å². The van der Waals surface area contributed by atoms with Crippen molar-refractivity contribution in [3.05, 3.63) is 17.0 Å². The standard InChI is InChI=1S/C21H39N5O3.HI/c1-9-17-16(18(10-2)29-25-17)14-24-19(22-8)23-12-11-13-26(15(3)4)20(27)28-21(5,6)7;/h15H,9-14H2,1-8H3,(H2,22,23,24);1H. The lowest BCUT2D eigenvalue weighted by molar-refractivity contribution is 0.0190. The van der Waals surface area contributed by atoms with Crippen LogP contribution in [0.1, 0.15) is 71.9 Å². The summed E-state index contributed by atoms with van der Waals surface area (Å²) in [4.78, 5) is 18.4. The number of carbonyl (C=O) groups excluding carboxylic acids is 1. The van der Waals surface area contributed by atoms with Gasteiger partial charge in [-0.15, -0.1) is 24.0 Å². The molecule has 0 unspecified atom stereocenters. The number of aromatic nitrogens is 1. The number of halogens is 1. The van der Waals surface area contributed by atoms with Crippen molar-refractivity contribution in [2.45, 2.75) is 85.9 Å². The van der Waals surface area contributed by atoms with E-state index in [9.17, 15) is 4.79 Å². The highest BCUT2D eigenvalue weighted by atomic mass is 127. The topological polar surface area (TPSA) is 92.0 Å².